The van der Waals surface area contributed by atoms with Crippen molar-refractivity contribution < 1.29 is 24.0 Å². The van der Waals surface area contributed by atoms with Gasteiger partial charge in [0.15, 0.2) is 5.76 Å². The van der Waals surface area contributed by atoms with Gasteiger partial charge in [-0.05, 0) is 24.3 Å². The van der Waals surface area contributed by atoms with Gasteiger partial charge in [-0.2, -0.15) is 0 Å². The number of hydrogen-bond acceptors (Lipinski definition) is 4. The van der Waals surface area contributed by atoms with E-state index in [2.05, 4.69) is 0 Å². The number of furan rings is 1. The maximum atomic E-state index is 10.9. The lowest BCUT2D eigenvalue weighted by atomic mass is 10.2. The Kier molecular flexibility index (Phi) is 4.79. The van der Waals surface area contributed by atoms with Gasteiger partial charge in [0.2, 0.25) is 0 Å². The number of carboxylic acids is 1. The normalized spacial score (nSPS) is 12.1. The lowest BCUT2D eigenvalue weighted by Crippen LogP contribution is -3.10. The van der Waals surface area contributed by atoms with E-state index in [1.165, 1.54) is 0 Å². The van der Waals surface area contributed by atoms with Crippen LogP contribution in [0.3, 0.4) is 0 Å². The van der Waals surface area contributed by atoms with Crippen LogP contribution in [0, 0.1) is 0 Å². The summed E-state index contributed by atoms with van der Waals surface area (Å²) in [5.41, 5.74) is 1.01. The molecule has 0 saturated carbocycles. The summed E-state index contributed by atoms with van der Waals surface area (Å²) < 4.78 is 10.4. The van der Waals surface area contributed by atoms with Crippen LogP contribution in [0.5, 0.6) is 5.75 Å². The number of carbonyl (C=O) groups is 1. The first-order valence-electron chi connectivity index (χ1n) is 6.36. The summed E-state index contributed by atoms with van der Waals surface area (Å²) in [5.74, 6) is 0.437. The molecule has 2 rings (SSSR count). The molecule has 0 bridgehead atoms. The smallest absolute Gasteiger partial charge is 0.157 e. The molecule has 0 aliphatic heterocycles. The van der Waals surface area contributed by atoms with Gasteiger partial charge in [0.1, 0.15) is 25.4 Å². The Morgan fingerprint density at radius 3 is 2.80 bits per heavy atom. The molecule has 1 atom stereocenters. The van der Waals surface area contributed by atoms with Crippen molar-refractivity contribution in [1.82, 2.24) is 0 Å². The van der Waals surface area contributed by atoms with Crippen LogP contribution in [0.4, 0.5) is 0 Å². The Balaban J connectivity index is 2.07. The fourth-order valence-corrected chi connectivity index (χ4v) is 2.12. The molecule has 0 amide bonds. The van der Waals surface area contributed by atoms with E-state index >= 15 is 0 Å². The molecule has 1 unspecified atom stereocenters. The molecule has 0 fully saturated rings. The summed E-state index contributed by atoms with van der Waals surface area (Å²) in [4.78, 5) is 11.7. The van der Waals surface area contributed by atoms with Gasteiger partial charge in [0.05, 0.1) is 19.3 Å². The molecular formula is C15H17NO4. The van der Waals surface area contributed by atoms with E-state index in [0.29, 0.717) is 13.1 Å². The fourth-order valence-electron chi connectivity index (χ4n) is 2.12. The molecule has 5 nitrogen and oxygen atoms in total. The van der Waals surface area contributed by atoms with Crippen LogP contribution in [0.1, 0.15) is 11.3 Å². The number of methoxy groups -OCH3 is 1. The summed E-state index contributed by atoms with van der Waals surface area (Å²) in [6, 6.07) is 11.2. The van der Waals surface area contributed by atoms with E-state index in [9.17, 15) is 9.90 Å². The number of hydrogen-bond donors (Lipinski definition) is 1. The zero-order valence-corrected chi connectivity index (χ0v) is 11.3. The second kappa shape index (κ2) is 6.77. The topological polar surface area (TPSA) is 66.9 Å². The molecule has 1 heterocycles. The maximum absolute atomic E-state index is 10.9. The average molecular weight is 275 g/mol. The highest BCUT2D eigenvalue weighted by molar-refractivity contribution is 5.65. The molecule has 1 aromatic carbocycles. The molecular weight excluding hydrogens is 258 g/mol. The summed E-state index contributed by atoms with van der Waals surface area (Å²) in [5, 5.41) is 10.9. The zero-order chi connectivity index (χ0) is 14.4. The van der Waals surface area contributed by atoms with Crippen LogP contribution in [-0.2, 0) is 17.9 Å². The SMILES string of the molecule is COc1cccc(C[NH+](CC(=O)[O-])Cc2ccco2)c1. The standard InChI is InChI=1S/C15H17NO4/c1-19-13-5-2-4-12(8-13)9-16(11-15(17)18)10-14-6-3-7-20-14/h2-8H,9-11H2,1H3,(H,17,18). The second-order valence-electron chi connectivity index (χ2n) is 4.58. The third-order valence-electron chi connectivity index (χ3n) is 2.99. The molecule has 2 aromatic rings. The molecule has 1 aromatic heterocycles. The third kappa shape index (κ3) is 4.13. The lowest BCUT2D eigenvalue weighted by Gasteiger charge is -2.19. The Morgan fingerprint density at radius 2 is 2.15 bits per heavy atom. The summed E-state index contributed by atoms with van der Waals surface area (Å²) >= 11 is 0. The van der Waals surface area contributed by atoms with Crippen molar-refractivity contribution in [1.29, 1.82) is 0 Å². The number of ether oxygens (including phenoxy) is 1. The van der Waals surface area contributed by atoms with E-state index < -0.39 is 5.97 Å². The van der Waals surface area contributed by atoms with Crippen molar-refractivity contribution in [3.8, 4) is 5.75 Å². The third-order valence-corrected chi connectivity index (χ3v) is 2.99. The quantitative estimate of drug-likeness (QED) is 0.748. The highest BCUT2D eigenvalue weighted by atomic mass is 16.5. The number of nitrogens with one attached hydrogen (secondary N) is 1. The Labute approximate surface area is 117 Å². The van der Waals surface area contributed by atoms with E-state index in [1.54, 1.807) is 19.4 Å². The van der Waals surface area contributed by atoms with Crippen molar-refractivity contribution in [2.24, 2.45) is 0 Å². The minimum absolute atomic E-state index is 0.0715. The molecule has 20 heavy (non-hydrogen) atoms. The summed E-state index contributed by atoms with van der Waals surface area (Å²) in [6.45, 7) is 0.988. The van der Waals surface area contributed by atoms with Crippen LogP contribution >= 0.6 is 0 Å². The Hall–Kier alpha value is -2.27. The van der Waals surface area contributed by atoms with Gasteiger partial charge in [-0.3, -0.25) is 0 Å². The molecule has 0 aliphatic carbocycles. The van der Waals surface area contributed by atoms with Crippen molar-refractivity contribution in [2.45, 2.75) is 13.1 Å². The van der Waals surface area contributed by atoms with Gasteiger partial charge in [0.25, 0.3) is 0 Å². The van der Waals surface area contributed by atoms with E-state index in [-0.39, 0.29) is 6.54 Å². The minimum atomic E-state index is -1.07. The van der Waals surface area contributed by atoms with Crippen LogP contribution in [0.2, 0.25) is 0 Å². The van der Waals surface area contributed by atoms with E-state index in [1.807, 2.05) is 30.3 Å². The summed E-state index contributed by atoms with van der Waals surface area (Å²) in [7, 11) is 1.60. The Bertz CT molecular complexity index is 551. The van der Waals surface area contributed by atoms with Gasteiger partial charge in [-0.25, -0.2) is 0 Å². The van der Waals surface area contributed by atoms with Gasteiger partial charge < -0.3 is 24.0 Å². The number of rotatable bonds is 7. The minimum Gasteiger partial charge on any atom is -0.544 e. The van der Waals surface area contributed by atoms with Crippen LogP contribution in [0.15, 0.2) is 47.1 Å². The van der Waals surface area contributed by atoms with Gasteiger partial charge in [-0.15, -0.1) is 0 Å². The van der Waals surface area contributed by atoms with Gasteiger partial charge in [-0.1, -0.05) is 12.1 Å². The van der Waals surface area contributed by atoms with Crippen LogP contribution < -0.4 is 14.7 Å². The maximum Gasteiger partial charge on any atom is 0.157 e. The molecule has 0 spiro atoms. The molecule has 106 valence electrons. The number of quaternary nitrogens is 1. The molecule has 5 heteroatoms. The van der Waals surface area contributed by atoms with E-state index in [4.69, 9.17) is 9.15 Å². The first-order chi connectivity index (χ1) is 9.67. The second-order valence-corrected chi connectivity index (χ2v) is 4.58. The summed E-state index contributed by atoms with van der Waals surface area (Å²) in [6.07, 6.45) is 1.58. The predicted octanol–water partition coefficient (Wildman–Crippen LogP) is -0.377. The van der Waals surface area contributed by atoms with Crippen LogP contribution in [-0.4, -0.2) is 19.6 Å². The Morgan fingerprint density at radius 1 is 1.30 bits per heavy atom. The number of aliphatic carboxylic acids is 1. The largest absolute Gasteiger partial charge is 0.544 e. The highest BCUT2D eigenvalue weighted by Crippen LogP contribution is 2.11. The average Bonchev–Trinajstić information content (AvgIpc) is 2.91. The van der Waals surface area contributed by atoms with Crippen molar-refractivity contribution in [3.05, 3.63) is 54.0 Å². The number of carboxylic acid groups (broad SMARTS) is 1. The number of carbonyl (C=O) groups excluding carboxylic acids is 1. The predicted molar refractivity (Wildman–Crippen MR) is 69.9 cm³/mol. The lowest BCUT2D eigenvalue weighted by molar-refractivity contribution is -0.922. The zero-order valence-electron chi connectivity index (χ0n) is 11.3. The molecule has 1 N–H and O–H groups in total. The van der Waals surface area contributed by atoms with Crippen LogP contribution in [0.25, 0.3) is 0 Å². The van der Waals surface area contributed by atoms with Crippen molar-refractivity contribution in [2.75, 3.05) is 13.7 Å². The highest BCUT2D eigenvalue weighted by Gasteiger charge is 2.13. The molecule has 0 aliphatic rings. The fraction of sp³-hybridized carbons (Fsp3) is 0.267. The van der Waals surface area contributed by atoms with Gasteiger partial charge in [0, 0.05) is 5.56 Å². The monoisotopic (exact) mass is 275 g/mol. The van der Waals surface area contributed by atoms with Gasteiger partial charge >= 0.3 is 0 Å². The van der Waals surface area contributed by atoms with Crippen molar-refractivity contribution >= 4 is 5.97 Å². The first kappa shape index (κ1) is 14.1. The first-order valence-corrected chi connectivity index (χ1v) is 6.36. The molecule has 0 radical (unpaired) electrons. The number of benzene rings is 1. The molecule has 0 saturated heterocycles. The van der Waals surface area contributed by atoms with E-state index in [0.717, 1.165) is 22.0 Å². The van der Waals surface area contributed by atoms with Crippen molar-refractivity contribution in [3.63, 3.8) is 0 Å².